The Labute approximate surface area is 168 Å². The van der Waals surface area contributed by atoms with Gasteiger partial charge in [-0.05, 0) is 25.0 Å². The first-order valence-corrected chi connectivity index (χ1v) is 9.42. The number of hydrogen-bond donors (Lipinski definition) is 1. The Morgan fingerprint density at radius 3 is 2.62 bits per heavy atom. The van der Waals surface area contributed by atoms with Crippen LogP contribution in [0, 0.1) is 18.3 Å². The maximum Gasteiger partial charge on any atom is 0.238 e. The molecule has 3 heterocycles. The van der Waals surface area contributed by atoms with E-state index in [2.05, 4.69) is 31.3 Å². The van der Waals surface area contributed by atoms with Gasteiger partial charge in [0.25, 0.3) is 0 Å². The van der Waals surface area contributed by atoms with Crippen LogP contribution >= 0.6 is 0 Å². The van der Waals surface area contributed by atoms with Gasteiger partial charge in [0.05, 0.1) is 17.8 Å². The molecule has 0 aromatic carbocycles. The summed E-state index contributed by atoms with van der Waals surface area (Å²) in [6, 6.07) is 0. The molecule has 1 aliphatic carbocycles. The van der Waals surface area contributed by atoms with Gasteiger partial charge in [0, 0.05) is 36.5 Å². The fourth-order valence-electron chi connectivity index (χ4n) is 3.81. The van der Waals surface area contributed by atoms with Gasteiger partial charge in [-0.3, -0.25) is 19.5 Å². The number of anilines is 2. The van der Waals surface area contributed by atoms with Gasteiger partial charge in [-0.25, -0.2) is 15.0 Å². The lowest BCUT2D eigenvalue weighted by Crippen LogP contribution is -2.32. The van der Waals surface area contributed by atoms with Crippen molar-refractivity contribution in [1.29, 1.82) is 0 Å². The number of carbonyl (C=O) groups is 2. The summed E-state index contributed by atoms with van der Waals surface area (Å²) in [6.45, 7) is 7.15. The lowest BCUT2D eigenvalue weighted by atomic mass is 9.75. The van der Waals surface area contributed by atoms with E-state index in [-0.39, 0.29) is 17.7 Å². The topological polar surface area (TPSA) is 101 Å². The molecule has 1 N–H and O–H groups in total. The molecule has 2 amide bonds. The molecule has 1 aliphatic heterocycles. The maximum absolute atomic E-state index is 13.3. The average molecular weight is 390 g/mol. The first-order chi connectivity index (χ1) is 13.8. The summed E-state index contributed by atoms with van der Waals surface area (Å²) in [7, 11) is 0. The second-order valence-electron chi connectivity index (χ2n) is 7.84. The third kappa shape index (κ3) is 3.30. The van der Waals surface area contributed by atoms with Crippen LogP contribution in [0.2, 0.25) is 0 Å². The number of allylic oxidation sites excluding steroid dienone is 4. The Hall–Kier alpha value is -3.42. The molecule has 4 rings (SSSR count). The molecule has 148 valence electrons. The highest BCUT2D eigenvalue weighted by Crippen LogP contribution is 2.50. The molecule has 1 saturated heterocycles. The highest BCUT2D eigenvalue weighted by Gasteiger charge is 2.52. The Bertz CT molecular complexity index is 1060. The molecule has 2 aromatic heterocycles. The lowest BCUT2D eigenvalue weighted by molar-refractivity contribution is -0.125. The zero-order valence-electron chi connectivity index (χ0n) is 16.8. The highest BCUT2D eigenvalue weighted by atomic mass is 16.2. The van der Waals surface area contributed by atoms with Crippen LogP contribution in [0.1, 0.15) is 38.6 Å². The molecule has 0 spiro atoms. The third-order valence-corrected chi connectivity index (χ3v) is 5.39. The molecular weight excluding hydrogens is 368 g/mol. The molecule has 2 aliphatic rings. The molecular formula is C21H22N6O2. The van der Waals surface area contributed by atoms with Crippen molar-refractivity contribution in [2.24, 2.45) is 11.3 Å². The van der Waals surface area contributed by atoms with E-state index in [1.54, 1.807) is 17.3 Å². The van der Waals surface area contributed by atoms with Crippen molar-refractivity contribution in [2.45, 2.75) is 34.1 Å². The van der Waals surface area contributed by atoms with Crippen molar-refractivity contribution in [3.63, 3.8) is 0 Å². The fourth-order valence-corrected chi connectivity index (χ4v) is 3.81. The quantitative estimate of drug-likeness (QED) is 0.865. The van der Waals surface area contributed by atoms with Crippen molar-refractivity contribution < 1.29 is 9.59 Å². The predicted octanol–water partition coefficient (Wildman–Crippen LogP) is 2.89. The Morgan fingerprint density at radius 1 is 1.21 bits per heavy atom. The second-order valence-corrected chi connectivity index (χ2v) is 7.84. The van der Waals surface area contributed by atoms with Crippen molar-refractivity contribution in [1.82, 2.24) is 19.9 Å². The van der Waals surface area contributed by atoms with Crippen LogP contribution in [0.25, 0.3) is 5.57 Å². The van der Waals surface area contributed by atoms with Crippen LogP contribution in [-0.4, -0.2) is 31.8 Å². The van der Waals surface area contributed by atoms with E-state index in [1.807, 2.05) is 26.8 Å². The van der Waals surface area contributed by atoms with Crippen LogP contribution in [0.3, 0.4) is 0 Å². The molecule has 0 radical (unpaired) electrons. The standard InChI is InChI=1S/C21H22N6O2/c1-12-23-8-15(9-24-12)14-5-6-16-17(7-14)27(20(29)21(16,3)4)19-11-22-10-18(26-19)25-13(2)28/h5,7-11,16H,6H2,1-4H3,(H,25,26,28). The summed E-state index contributed by atoms with van der Waals surface area (Å²) in [5.74, 6) is 1.14. The number of aryl methyl sites for hydroxylation is 1. The van der Waals surface area contributed by atoms with E-state index in [0.717, 1.165) is 23.3 Å². The van der Waals surface area contributed by atoms with Gasteiger partial charge in [-0.2, -0.15) is 0 Å². The van der Waals surface area contributed by atoms with E-state index in [0.29, 0.717) is 17.5 Å². The van der Waals surface area contributed by atoms with E-state index in [9.17, 15) is 9.59 Å². The number of hydrogen-bond acceptors (Lipinski definition) is 6. The fraction of sp³-hybridized carbons (Fsp3) is 0.333. The number of nitrogens with zero attached hydrogens (tertiary/aromatic N) is 5. The number of aromatic nitrogens is 4. The van der Waals surface area contributed by atoms with Crippen LogP contribution in [0.15, 0.2) is 42.6 Å². The first kappa shape index (κ1) is 18.9. The van der Waals surface area contributed by atoms with Crippen molar-refractivity contribution >= 4 is 29.0 Å². The summed E-state index contributed by atoms with van der Waals surface area (Å²) in [5, 5.41) is 2.62. The van der Waals surface area contributed by atoms with Crippen LogP contribution in [0.5, 0.6) is 0 Å². The van der Waals surface area contributed by atoms with Gasteiger partial charge in [-0.1, -0.05) is 19.9 Å². The van der Waals surface area contributed by atoms with Crippen LogP contribution in [-0.2, 0) is 9.59 Å². The number of amides is 2. The lowest BCUT2D eigenvalue weighted by Gasteiger charge is -2.25. The van der Waals surface area contributed by atoms with Gasteiger partial charge < -0.3 is 5.32 Å². The molecule has 1 atom stereocenters. The minimum Gasteiger partial charge on any atom is -0.310 e. The van der Waals surface area contributed by atoms with Crippen LogP contribution < -0.4 is 10.2 Å². The van der Waals surface area contributed by atoms with E-state index < -0.39 is 5.41 Å². The van der Waals surface area contributed by atoms with Crippen molar-refractivity contribution in [2.75, 3.05) is 10.2 Å². The zero-order valence-corrected chi connectivity index (χ0v) is 16.8. The van der Waals surface area contributed by atoms with Gasteiger partial charge >= 0.3 is 0 Å². The van der Waals surface area contributed by atoms with Crippen molar-refractivity contribution in [3.8, 4) is 0 Å². The summed E-state index contributed by atoms with van der Waals surface area (Å²) < 4.78 is 0. The number of carbonyl (C=O) groups excluding carboxylic acids is 2. The number of fused-ring (bicyclic) bond motifs is 1. The Kier molecular flexibility index (Phi) is 4.49. The Morgan fingerprint density at radius 2 is 1.93 bits per heavy atom. The maximum atomic E-state index is 13.3. The molecule has 8 nitrogen and oxygen atoms in total. The number of nitrogens with one attached hydrogen (secondary N) is 1. The summed E-state index contributed by atoms with van der Waals surface area (Å²) in [4.78, 5) is 43.4. The summed E-state index contributed by atoms with van der Waals surface area (Å²) in [5.41, 5.74) is 2.16. The third-order valence-electron chi connectivity index (χ3n) is 5.39. The monoisotopic (exact) mass is 390 g/mol. The Balaban J connectivity index is 1.77. The molecule has 8 heteroatoms. The van der Waals surface area contributed by atoms with E-state index in [1.165, 1.54) is 19.3 Å². The van der Waals surface area contributed by atoms with Gasteiger partial charge in [0.1, 0.15) is 5.82 Å². The number of rotatable bonds is 3. The molecule has 1 unspecified atom stereocenters. The SMILES string of the molecule is CC(=O)Nc1cncc(N2C(=O)C(C)(C)C3CC=C(c4cnc(C)nc4)C=C32)n1. The minimum atomic E-state index is -0.580. The molecule has 0 bridgehead atoms. The van der Waals surface area contributed by atoms with Gasteiger partial charge in [0.2, 0.25) is 11.8 Å². The van der Waals surface area contributed by atoms with Gasteiger partial charge in [-0.15, -0.1) is 0 Å². The van der Waals surface area contributed by atoms with Crippen molar-refractivity contribution in [3.05, 3.63) is 54.0 Å². The van der Waals surface area contributed by atoms with E-state index >= 15 is 0 Å². The highest BCUT2D eigenvalue weighted by molar-refractivity contribution is 6.04. The molecule has 2 aromatic rings. The van der Waals surface area contributed by atoms with E-state index in [4.69, 9.17) is 0 Å². The molecule has 29 heavy (non-hydrogen) atoms. The second kappa shape index (κ2) is 6.88. The van der Waals surface area contributed by atoms with Crippen LogP contribution in [0.4, 0.5) is 11.6 Å². The summed E-state index contributed by atoms with van der Waals surface area (Å²) >= 11 is 0. The smallest absolute Gasteiger partial charge is 0.238 e. The normalized spacial score (nSPS) is 20.1. The first-order valence-electron chi connectivity index (χ1n) is 9.42. The van der Waals surface area contributed by atoms with Gasteiger partial charge in [0.15, 0.2) is 11.6 Å². The summed E-state index contributed by atoms with van der Waals surface area (Å²) in [6.07, 6.45) is 11.4. The average Bonchev–Trinajstić information content (AvgIpc) is 2.87. The minimum absolute atomic E-state index is 0.0244. The largest absolute Gasteiger partial charge is 0.310 e. The molecule has 0 saturated carbocycles. The molecule has 1 fully saturated rings. The zero-order chi connectivity index (χ0) is 20.8. The predicted molar refractivity (Wildman–Crippen MR) is 109 cm³/mol.